The molecule has 194 valence electrons. The predicted octanol–water partition coefficient (Wildman–Crippen LogP) is 7.29. The van der Waals surface area contributed by atoms with Crippen LogP contribution in [0.1, 0.15) is 54.5 Å². The van der Waals surface area contributed by atoms with Crippen LogP contribution < -0.4 is 4.90 Å². The number of rotatable bonds is 5. The van der Waals surface area contributed by atoms with Gasteiger partial charge in [-0.25, -0.2) is 0 Å². The summed E-state index contributed by atoms with van der Waals surface area (Å²) in [5, 5.41) is 1.29. The molecule has 1 fully saturated rings. The Bertz CT molecular complexity index is 1490. The van der Waals surface area contributed by atoms with Gasteiger partial charge in [-0.15, -0.1) is 0 Å². The minimum atomic E-state index is 0.888. The van der Waals surface area contributed by atoms with Crippen LogP contribution in [0, 0.1) is 0 Å². The van der Waals surface area contributed by atoms with E-state index < -0.39 is 0 Å². The summed E-state index contributed by atoms with van der Waals surface area (Å²) >= 11 is 0. The van der Waals surface area contributed by atoms with Crippen molar-refractivity contribution in [1.82, 2.24) is 9.88 Å². The molecule has 2 aliphatic heterocycles. The van der Waals surface area contributed by atoms with Crippen molar-refractivity contribution < 1.29 is 0 Å². The van der Waals surface area contributed by atoms with Crippen molar-refractivity contribution in [3.63, 3.8) is 0 Å². The van der Waals surface area contributed by atoms with Crippen molar-refractivity contribution in [3.8, 4) is 0 Å². The number of hydrogen-bond donors (Lipinski definition) is 1. The van der Waals surface area contributed by atoms with Gasteiger partial charge >= 0.3 is 0 Å². The predicted molar refractivity (Wildman–Crippen MR) is 162 cm³/mol. The Morgan fingerprint density at radius 3 is 2.74 bits per heavy atom. The highest BCUT2D eigenvalue weighted by atomic mass is 15.1. The summed E-state index contributed by atoms with van der Waals surface area (Å²) in [6.45, 7) is 7.55. The third-order valence-corrected chi connectivity index (χ3v) is 7.90. The first-order valence-corrected chi connectivity index (χ1v) is 14.0. The Hall–Kier alpha value is -3.63. The van der Waals surface area contributed by atoms with Crippen LogP contribution in [0.5, 0.6) is 0 Å². The van der Waals surface area contributed by atoms with E-state index in [0.717, 1.165) is 50.3 Å². The molecular weight excluding hydrogens is 464 g/mol. The summed E-state index contributed by atoms with van der Waals surface area (Å²) in [5.74, 6) is 0. The molecule has 0 atom stereocenters. The van der Waals surface area contributed by atoms with E-state index in [9.17, 15) is 0 Å². The second kappa shape index (κ2) is 10.6. The summed E-state index contributed by atoms with van der Waals surface area (Å²) in [7, 11) is 4.26. The number of fused-ring (bicyclic) bond motifs is 2. The van der Waals surface area contributed by atoms with Crippen LogP contribution in [-0.2, 0) is 6.42 Å². The summed E-state index contributed by atoms with van der Waals surface area (Å²) in [6.07, 6.45) is 15.5. The first-order chi connectivity index (χ1) is 18.5. The first kappa shape index (κ1) is 24.7. The second-order valence-electron chi connectivity index (χ2n) is 11.2. The number of nitrogens with one attached hydrogen (secondary N) is 1. The Labute approximate surface area is 226 Å². The first-order valence-electron chi connectivity index (χ1n) is 14.0. The fraction of sp³-hybridized carbons (Fsp3) is 0.324. The lowest BCUT2D eigenvalue weighted by Gasteiger charge is -2.29. The van der Waals surface area contributed by atoms with Crippen LogP contribution >= 0.6 is 0 Å². The van der Waals surface area contributed by atoms with Gasteiger partial charge in [0, 0.05) is 48.0 Å². The zero-order valence-corrected chi connectivity index (χ0v) is 22.8. The summed E-state index contributed by atoms with van der Waals surface area (Å²) in [4.78, 5) is 13.5. The number of aromatic amines is 1. The van der Waals surface area contributed by atoms with Crippen LogP contribution in [0.25, 0.3) is 16.5 Å². The Kier molecular flexibility index (Phi) is 6.90. The summed E-state index contributed by atoms with van der Waals surface area (Å²) in [6, 6.07) is 15.9. The zero-order chi connectivity index (χ0) is 26.1. The largest absolute Gasteiger partial charge is 0.371 e. The lowest BCUT2D eigenvalue weighted by Crippen LogP contribution is -2.29. The highest BCUT2D eigenvalue weighted by molar-refractivity contribution is 6.16. The molecule has 0 spiro atoms. The number of anilines is 1. The smallest absolute Gasteiger partial charge is 0.0939 e. The number of likely N-dealkylation sites (N-methyl/N-ethyl adjacent to an activating group) is 1. The minimum absolute atomic E-state index is 0.888. The van der Waals surface area contributed by atoms with Crippen LogP contribution in [0.3, 0.4) is 0 Å². The van der Waals surface area contributed by atoms with Crippen LogP contribution in [0.2, 0.25) is 0 Å². The number of piperidine rings is 1. The highest BCUT2D eigenvalue weighted by Crippen LogP contribution is 2.33. The van der Waals surface area contributed by atoms with Gasteiger partial charge in [0.05, 0.1) is 11.4 Å². The lowest BCUT2D eigenvalue weighted by molar-refractivity contribution is 0.442. The molecule has 2 aromatic carbocycles. The maximum Gasteiger partial charge on any atom is 0.0939 e. The van der Waals surface area contributed by atoms with E-state index in [1.807, 2.05) is 6.20 Å². The molecule has 4 heteroatoms. The van der Waals surface area contributed by atoms with Gasteiger partial charge in [0.15, 0.2) is 0 Å². The van der Waals surface area contributed by atoms with Crippen molar-refractivity contribution in [2.24, 2.45) is 4.99 Å². The topological polar surface area (TPSA) is 34.6 Å². The molecule has 1 N–H and O–H groups in total. The number of allylic oxidation sites excluding steroid dienone is 5. The number of aromatic nitrogens is 1. The normalized spacial score (nSPS) is 18.1. The maximum absolute atomic E-state index is 4.98. The molecule has 0 radical (unpaired) electrons. The second-order valence-corrected chi connectivity index (χ2v) is 11.2. The van der Waals surface area contributed by atoms with Gasteiger partial charge in [0.2, 0.25) is 0 Å². The quantitative estimate of drug-likeness (QED) is 0.372. The van der Waals surface area contributed by atoms with Crippen LogP contribution in [0.4, 0.5) is 5.69 Å². The molecule has 0 unspecified atom stereocenters. The monoisotopic (exact) mass is 502 g/mol. The van der Waals surface area contributed by atoms with Gasteiger partial charge in [-0.1, -0.05) is 54.2 Å². The van der Waals surface area contributed by atoms with E-state index in [-0.39, 0.29) is 0 Å². The fourth-order valence-corrected chi connectivity index (χ4v) is 6.11. The third-order valence-electron chi connectivity index (χ3n) is 7.90. The molecule has 0 amide bonds. The summed E-state index contributed by atoms with van der Waals surface area (Å²) < 4.78 is 0. The van der Waals surface area contributed by atoms with E-state index in [4.69, 9.17) is 4.99 Å². The molecule has 3 heterocycles. The van der Waals surface area contributed by atoms with Gasteiger partial charge in [-0.2, -0.15) is 0 Å². The molecule has 38 heavy (non-hydrogen) atoms. The van der Waals surface area contributed by atoms with E-state index in [0.29, 0.717) is 0 Å². The van der Waals surface area contributed by atoms with Crippen molar-refractivity contribution in [2.45, 2.75) is 38.5 Å². The van der Waals surface area contributed by atoms with Gasteiger partial charge in [-0.3, -0.25) is 4.99 Å². The Morgan fingerprint density at radius 1 is 1.03 bits per heavy atom. The Balaban J connectivity index is 1.41. The molecule has 0 saturated carbocycles. The minimum Gasteiger partial charge on any atom is -0.371 e. The van der Waals surface area contributed by atoms with Crippen molar-refractivity contribution >= 4 is 27.9 Å². The molecule has 0 bridgehead atoms. The van der Waals surface area contributed by atoms with E-state index in [2.05, 4.69) is 96.2 Å². The van der Waals surface area contributed by atoms with Crippen molar-refractivity contribution in [3.05, 3.63) is 107 Å². The standard InChI is InChI=1S/C34H38N4/c1-24-12-13-27(20-25(19-24)23-37(2)3)28-15-14-26-9-8-16-35-34(29(26)21-28)32-22-30-31(36-32)10-7-11-33(30)38-17-5-4-6-18-38/h7-8,10-11,13-16,20-22,36H,1,4-6,9,12,17-19,23H2,2-3H3. The molecule has 1 aliphatic carbocycles. The zero-order valence-electron chi connectivity index (χ0n) is 22.8. The molecule has 3 aliphatic rings. The number of aliphatic imine (C=N–C) groups is 1. The van der Waals surface area contributed by atoms with Gasteiger partial charge < -0.3 is 14.8 Å². The van der Waals surface area contributed by atoms with Crippen LogP contribution in [-0.4, -0.2) is 49.3 Å². The van der Waals surface area contributed by atoms with E-state index in [1.165, 1.54) is 69.3 Å². The molecular formula is C34H38N4. The van der Waals surface area contributed by atoms with Crippen molar-refractivity contribution in [1.29, 1.82) is 0 Å². The van der Waals surface area contributed by atoms with E-state index >= 15 is 0 Å². The highest BCUT2D eigenvalue weighted by Gasteiger charge is 2.20. The average Bonchev–Trinajstić information content (AvgIpc) is 3.12. The van der Waals surface area contributed by atoms with Crippen LogP contribution in [0.15, 0.2) is 89.6 Å². The molecule has 4 nitrogen and oxygen atoms in total. The SMILES string of the molecule is C=C1CC=C(c2ccc3c(c2)C(c2cc4c(N5CCCCC5)cccc4[nH]2)=NC=CC3)C=C(CN(C)C)C1. The number of benzene rings is 2. The number of nitrogens with zero attached hydrogens (tertiary/aromatic N) is 3. The average molecular weight is 503 g/mol. The summed E-state index contributed by atoms with van der Waals surface area (Å²) in [5.41, 5.74) is 12.4. The van der Waals surface area contributed by atoms with E-state index in [1.54, 1.807) is 0 Å². The third kappa shape index (κ3) is 5.06. The number of hydrogen-bond acceptors (Lipinski definition) is 3. The number of H-pyrrole nitrogens is 1. The van der Waals surface area contributed by atoms with Gasteiger partial charge in [0.1, 0.15) is 0 Å². The molecule has 1 saturated heterocycles. The molecule has 3 aromatic rings. The lowest BCUT2D eigenvalue weighted by atomic mass is 9.93. The molecule has 6 rings (SSSR count). The van der Waals surface area contributed by atoms with Crippen molar-refractivity contribution in [2.75, 3.05) is 38.6 Å². The fourth-order valence-electron chi connectivity index (χ4n) is 6.11. The van der Waals surface area contributed by atoms with Gasteiger partial charge in [0.25, 0.3) is 0 Å². The molecule has 1 aromatic heterocycles. The van der Waals surface area contributed by atoms with Gasteiger partial charge in [-0.05, 0) is 93.6 Å². The maximum atomic E-state index is 4.98. The Morgan fingerprint density at radius 2 is 1.89 bits per heavy atom.